The first-order valence-corrected chi connectivity index (χ1v) is 13.8. The van der Waals surface area contributed by atoms with Crippen LogP contribution < -0.4 is 20.9 Å². The quantitative estimate of drug-likeness (QED) is 0.123. The molecule has 2 heterocycles. The van der Waals surface area contributed by atoms with Gasteiger partial charge in [-0.2, -0.15) is 8.78 Å². The molecule has 12 heteroatoms. The van der Waals surface area contributed by atoms with E-state index in [0.717, 1.165) is 30.2 Å². The smallest absolute Gasteiger partial charge is 0.401 e. The number of anilines is 1. The maximum Gasteiger partial charge on any atom is 0.401 e. The molecule has 1 aliphatic carbocycles. The molecule has 0 aliphatic heterocycles. The van der Waals surface area contributed by atoms with Gasteiger partial charge in [-0.25, -0.2) is 9.98 Å². The molecule has 10 nitrogen and oxygen atoms in total. The van der Waals surface area contributed by atoms with Crippen LogP contribution in [0.15, 0.2) is 60.2 Å². The number of primary amides is 1. The zero-order chi connectivity index (χ0) is 30.9. The van der Waals surface area contributed by atoms with Crippen LogP contribution in [0.1, 0.15) is 53.7 Å². The topological polar surface area (TPSA) is 136 Å². The first-order chi connectivity index (χ1) is 20.5. The molecule has 1 fully saturated rings. The predicted molar refractivity (Wildman–Crippen MR) is 161 cm³/mol. The van der Waals surface area contributed by atoms with Gasteiger partial charge in [0.1, 0.15) is 17.3 Å². The summed E-state index contributed by atoms with van der Waals surface area (Å²) in [4.78, 5) is 21.5. The number of rotatable bonds is 12. The minimum Gasteiger partial charge on any atom is -0.475 e. The number of nitrogens with zero attached hydrogens (tertiary/aromatic N) is 5. The van der Waals surface area contributed by atoms with Crippen LogP contribution in [0.4, 0.5) is 20.2 Å². The Morgan fingerprint density at radius 1 is 1.23 bits per heavy atom. The van der Waals surface area contributed by atoms with Crippen molar-refractivity contribution in [3.05, 3.63) is 72.1 Å². The van der Waals surface area contributed by atoms with Crippen LogP contribution in [0.2, 0.25) is 0 Å². The molecule has 2 aromatic heterocycles. The van der Waals surface area contributed by atoms with Crippen LogP contribution in [-0.4, -0.2) is 44.2 Å². The Bertz CT molecular complexity index is 1720. The third kappa shape index (κ3) is 6.13. The Morgan fingerprint density at radius 2 is 2.00 bits per heavy atom. The largest absolute Gasteiger partial charge is 0.475 e. The average molecular weight is 590 g/mol. The molecule has 1 amide bonds. The molecular formula is C31H33F2N7O3. The van der Waals surface area contributed by atoms with E-state index in [-0.39, 0.29) is 22.8 Å². The summed E-state index contributed by atoms with van der Waals surface area (Å²) in [5, 5.41) is 4.31. The fourth-order valence-corrected chi connectivity index (χ4v) is 4.94. The van der Waals surface area contributed by atoms with Gasteiger partial charge in [0.15, 0.2) is 0 Å². The number of aliphatic imine (C=N–C) groups is 1. The van der Waals surface area contributed by atoms with E-state index < -0.39 is 18.4 Å². The van der Waals surface area contributed by atoms with E-state index in [4.69, 9.17) is 25.9 Å². The second-order valence-corrected chi connectivity index (χ2v) is 10.3. The number of nitrogen functional groups attached to an aromatic ring is 1. The maximum atomic E-state index is 14.6. The number of benzene rings is 2. The minimum absolute atomic E-state index is 0.0288. The van der Waals surface area contributed by atoms with Gasteiger partial charge in [0.05, 0.1) is 30.5 Å². The molecule has 5 rings (SSSR count). The van der Waals surface area contributed by atoms with Gasteiger partial charge in [-0.1, -0.05) is 18.2 Å². The Labute approximate surface area is 247 Å². The summed E-state index contributed by atoms with van der Waals surface area (Å²) in [6, 6.07) is 9.69. The molecule has 0 bridgehead atoms. The second kappa shape index (κ2) is 11.7. The van der Waals surface area contributed by atoms with Crippen LogP contribution in [-0.2, 0) is 14.1 Å². The highest BCUT2D eigenvalue weighted by molar-refractivity contribution is 5.98. The zero-order valence-corrected chi connectivity index (χ0v) is 24.2. The lowest BCUT2D eigenvalue weighted by molar-refractivity contribution is -0.172. The molecule has 4 N–H and O–H groups in total. The van der Waals surface area contributed by atoms with Crippen molar-refractivity contribution in [2.24, 2.45) is 24.8 Å². The minimum atomic E-state index is -3.57. The molecule has 1 aliphatic rings. The predicted octanol–water partition coefficient (Wildman–Crippen LogP) is 5.74. The molecule has 2 aromatic carbocycles. The highest BCUT2D eigenvalue weighted by Crippen LogP contribution is 2.47. The highest BCUT2D eigenvalue weighted by atomic mass is 19.3. The summed E-state index contributed by atoms with van der Waals surface area (Å²) in [5.41, 5.74) is 16.2. The van der Waals surface area contributed by atoms with E-state index in [2.05, 4.69) is 16.7 Å². The molecule has 4 aromatic rings. The number of aryl methyl sites for hydroxylation is 1. The van der Waals surface area contributed by atoms with Crippen molar-refractivity contribution >= 4 is 23.5 Å². The van der Waals surface area contributed by atoms with Crippen molar-refractivity contribution in [2.45, 2.75) is 38.2 Å². The van der Waals surface area contributed by atoms with Crippen molar-refractivity contribution in [3.8, 4) is 34.3 Å². The number of ether oxygens (including phenoxy) is 2. The number of imidazole rings is 1. The Kier molecular flexibility index (Phi) is 8.03. The fourth-order valence-electron chi connectivity index (χ4n) is 4.94. The summed E-state index contributed by atoms with van der Waals surface area (Å²) in [6.45, 7) is 5.69. The molecule has 0 atom stereocenters. The molecule has 43 heavy (non-hydrogen) atoms. The van der Waals surface area contributed by atoms with Crippen LogP contribution in [0.25, 0.3) is 22.6 Å². The Morgan fingerprint density at radius 3 is 2.67 bits per heavy atom. The van der Waals surface area contributed by atoms with Crippen molar-refractivity contribution in [2.75, 3.05) is 12.3 Å². The third-order valence-electron chi connectivity index (χ3n) is 7.04. The molecule has 0 spiro atoms. The molecular weight excluding hydrogens is 556 g/mol. The van der Waals surface area contributed by atoms with E-state index in [1.165, 1.54) is 18.2 Å². The molecule has 224 valence electrons. The summed E-state index contributed by atoms with van der Waals surface area (Å²) < 4.78 is 43.5. The summed E-state index contributed by atoms with van der Waals surface area (Å²) >= 11 is 0. The van der Waals surface area contributed by atoms with E-state index in [1.807, 2.05) is 30.7 Å². The van der Waals surface area contributed by atoms with E-state index in [9.17, 15) is 13.6 Å². The third-order valence-corrected chi connectivity index (χ3v) is 7.04. The van der Waals surface area contributed by atoms with Gasteiger partial charge in [-0.15, -0.1) is 11.7 Å². The van der Waals surface area contributed by atoms with E-state index in [1.54, 1.807) is 30.2 Å². The SMILES string of the molecule is C=CCC(F)(F)Oc1cc(C(N)=O)ccc1-c1nc(-c2cccc(N)c2C=Nc2cn(C)nc2OCC)c(C2CC2)n1C. The number of hydrogen-bond acceptors (Lipinski definition) is 7. The molecule has 0 unspecified atom stereocenters. The summed E-state index contributed by atoms with van der Waals surface area (Å²) in [6.07, 6.45) is 2.08. The monoisotopic (exact) mass is 589 g/mol. The number of nitrogens with two attached hydrogens (primary N) is 2. The normalized spacial score (nSPS) is 13.4. The van der Waals surface area contributed by atoms with Crippen molar-refractivity contribution in [1.82, 2.24) is 19.3 Å². The number of halogens is 2. The van der Waals surface area contributed by atoms with Crippen LogP contribution >= 0.6 is 0 Å². The van der Waals surface area contributed by atoms with Gasteiger partial charge >= 0.3 is 6.11 Å². The lowest BCUT2D eigenvalue weighted by atomic mass is 10.0. The van der Waals surface area contributed by atoms with Crippen LogP contribution in [0.5, 0.6) is 11.6 Å². The zero-order valence-electron chi connectivity index (χ0n) is 24.2. The first kappa shape index (κ1) is 29.5. The van der Waals surface area contributed by atoms with Gasteiger partial charge in [-0.05, 0) is 44.0 Å². The molecule has 1 saturated carbocycles. The fraction of sp³-hybridized carbons (Fsp3) is 0.290. The van der Waals surface area contributed by atoms with E-state index in [0.29, 0.717) is 40.9 Å². The number of carbonyl (C=O) groups is 1. The van der Waals surface area contributed by atoms with E-state index >= 15 is 0 Å². The molecule has 0 radical (unpaired) electrons. The number of aromatic nitrogens is 4. The lowest BCUT2D eigenvalue weighted by Crippen LogP contribution is -2.24. The number of amides is 1. The van der Waals surface area contributed by atoms with Crippen molar-refractivity contribution in [3.63, 3.8) is 0 Å². The van der Waals surface area contributed by atoms with Crippen LogP contribution in [0, 0.1) is 0 Å². The van der Waals surface area contributed by atoms with Crippen LogP contribution in [0.3, 0.4) is 0 Å². The van der Waals surface area contributed by atoms with Gasteiger partial charge < -0.3 is 25.5 Å². The van der Waals surface area contributed by atoms with Gasteiger partial charge in [0, 0.05) is 54.3 Å². The van der Waals surface area contributed by atoms with Crippen molar-refractivity contribution in [1.29, 1.82) is 0 Å². The summed E-state index contributed by atoms with van der Waals surface area (Å²) in [5.74, 6) is 0.00334. The first-order valence-electron chi connectivity index (χ1n) is 13.8. The number of hydrogen-bond donors (Lipinski definition) is 2. The van der Waals surface area contributed by atoms with Gasteiger partial charge in [0.25, 0.3) is 5.88 Å². The van der Waals surface area contributed by atoms with Crippen molar-refractivity contribution < 1.29 is 23.0 Å². The maximum absolute atomic E-state index is 14.6. The standard InChI is InChI=1S/C31H33F2N7O3/c1-5-14-31(32,33)43-25-15-19(28(35)41)12-13-21(25)29-37-26(27(40(29)4)18-10-11-18)20-8-7-9-23(34)22(20)16-36-24-17-39(3)38-30(24)42-6-2/h5,7-9,12-13,15-18H,1,6,10-11,14,34H2,2-4H3,(H2,35,41). The number of carbonyl (C=O) groups excluding carboxylic acids is 1. The second-order valence-electron chi connectivity index (χ2n) is 10.3. The Balaban J connectivity index is 1.66. The highest BCUT2D eigenvalue weighted by Gasteiger charge is 2.35. The average Bonchev–Trinajstić information content (AvgIpc) is 3.64. The lowest BCUT2D eigenvalue weighted by Gasteiger charge is -2.19. The number of alkyl halides is 2. The van der Waals surface area contributed by atoms with Gasteiger partial charge in [0.2, 0.25) is 5.91 Å². The van der Waals surface area contributed by atoms with Gasteiger partial charge in [-0.3, -0.25) is 9.48 Å². The summed E-state index contributed by atoms with van der Waals surface area (Å²) in [7, 11) is 3.61. The Hall–Kier alpha value is -5.00. The molecule has 0 saturated heterocycles.